The molecule has 8 heteroatoms. The summed E-state index contributed by atoms with van der Waals surface area (Å²) >= 11 is 0. The topological polar surface area (TPSA) is 71.4 Å². The summed E-state index contributed by atoms with van der Waals surface area (Å²) in [6.07, 6.45) is 3.68. The highest BCUT2D eigenvalue weighted by Gasteiger charge is 2.22. The predicted molar refractivity (Wildman–Crippen MR) is 87.9 cm³/mol. The van der Waals surface area contributed by atoms with Gasteiger partial charge in [-0.1, -0.05) is 12.1 Å². The second kappa shape index (κ2) is 10.3. The number of likely N-dealkylation sites (tertiary alicyclic amines) is 1. The SMILES string of the molecule is CCCN1CCC(N(C)Cc2noc(CN)n2)CC1.Cl.Cl. The summed E-state index contributed by atoms with van der Waals surface area (Å²) in [5.74, 6) is 1.25. The molecule has 1 aromatic rings. The van der Waals surface area contributed by atoms with Gasteiger partial charge in [0, 0.05) is 6.04 Å². The van der Waals surface area contributed by atoms with Gasteiger partial charge in [0.1, 0.15) is 0 Å². The Hall–Kier alpha value is -0.400. The molecule has 6 nitrogen and oxygen atoms in total. The number of aromatic nitrogens is 2. The van der Waals surface area contributed by atoms with Crippen LogP contribution in [-0.2, 0) is 13.1 Å². The van der Waals surface area contributed by atoms with Crippen molar-refractivity contribution in [3.8, 4) is 0 Å². The van der Waals surface area contributed by atoms with Crippen molar-refractivity contribution in [1.29, 1.82) is 0 Å². The molecule has 0 saturated carbocycles. The molecule has 0 unspecified atom stereocenters. The van der Waals surface area contributed by atoms with Crippen LogP contribution in [0, 0.1) is 0 Å². The minimum Gasteiger partial charge on any atom is -0.338 e. The van der Waals surface area contributed by atoms with Crippen LogP contribution in [0.2, 0.25) is 0 Å². The van der Waals surface area contributed by atoms with Crippen molar-refractivity contribution in [2.75, 3.05) is 26.7 Å². The number of nitrogens with two attached hydrogens (primary N) is 1. The summed E-state index contributed by atoms with van der Waals surface area (Å²) in [5.41, 5.74) is 5.47. The highest BCUT2D eigenvalue weighted by atomic mass is 35.5. The maximum atomic E-state index is 5.47. The molecule has 21 heavy (non-hydrogen) atoms. The fourth-order valence-electron chi connectivity index (χ4n) is 2.69. The molecule has 0 bridgehead atoms. The average Bonchev–Trinajstić information content (AvgIpc) is 2.87. The Balaban J connectivity index is 0.00000200. The number of halogens is 2. The van der Waals surface area contributed by atoms with Crippen molar-refractivity contribution < 1.29 is 4.52 Å². The monoisotopic (exact) mass is 339 g/mol. The van der Waals surface area contributed by atoms with E-state index in [4.69, 9.17) is 10.3 Å². The third-order valence-electron chi connectivity index (χ3n) is 3.80. The molecule has 0 aliphatic carbocycles. The number of hydrogen-bond donors (Lipinski definition) is 1. The first-order valence-electron chi connectivity index (χ1n) is 7.17. The lowest BCUT2D eigenvalue weighted by atomic mass is 10.0. The van der Waals surface area contributed by atoms with Crippen LogP contribution < -0.4 is 5.73 Å². The van der Waals surface area contributed by atoms with E-state index in [0.29, 0.717) is 18.5 Å². The minimum atomic E-state index is 0. The van der Waals surface area contributed by atoms with Crippen LogP contribution in [0.15, 0.2) is 4.52 Å². The van der Waals surface area contributed by atoms with E-state index in [-0.39, 0.29) is 24.8 Å². The van der Waals surface area contributed by atoms with Gasteiger partial charge in [0.15, 0.2) is 5.82 Å². The van der Waals surface area contributed by atoms with E-state index < -0.39 is 0 Å². The molecule has 0 spiro atoms. The van der Waals surface area contributed by atoms with Crippen LogP contribution in [0.1, 0.15) is 37.9 Å². The Labute approximate surface area is 139 Å². The molecule has 1 aliphatic heterocycles. The largest absolute Gasteiger partial charge is 0.338 e. The van der Waals surface area contributed by atoms with Gasteiger partial charge < -0.3 is 15.2 Å². The molecule has 2 N–H and O–H groups in total. The quantitative estimate of drug-likeness (QED) is 0.850. The van der Waals surface area contributed by atoms with Crippen LogP contribution in [0.25, 0.3) is 0 Å². The van der Waals surface area contributed by atoms with Gasteiger partial charge in [0.25, 0.3) is 0 Å². The first-order chi connectivity index (χ1) is 9.22. The van der Waals surface area contributed by atoms with Crippen LogP contribution in [0.3, 0.4) is 0 Å². The van der Waals surface area contributed by atoms with E-state index >= 15 is 0 Å². The molecule has 1 fully saturated rings. The smallest absolute Gasteiger partial charge is 0.240 e. The van der Waals surface area contributed by atoms with Gasteiger partial charge in [-0.3, -0.25) is 4.90 Å². The highest BCUT2D eigenvalue weighted by Crippen LogP contribution is 2.17. The van der Waals surface area contributed by atoms with Gasteiger partial charge >= 0.3 is 0 Å². The molecule has 2 heterocycles. The number of rotatable bonds is 6. The third-order valence-corrected chi connectivity index (χ3v) is 3.80. The zero-order valence-electron chi connectivity index (χ0n) is 12.8. The molecular weight excluding hydrogens is 313 g/mol. The summed E-state index contributed by atoms with van der Waals surface area (Å²) in [4.78, 5) is 9.13. The number of hydrogen-bond acceptors (Lipinski definition) is 6. The van der Waals surface area contributed by atoms with Crippen molar-refractivity contribution in [3.05, 3.63) is 11.7 Å². The normalized spacial score (nSPS) is 16.6. The van der Waals surface area contributed by atoms with Crippen LogP contribution >= 0.6 is 24.8 Å². The van der Waals surface area contributed by atoms with Gasteiger partial charge in [-0.05, 0) is 45.9 Å². The Bertz CT molecular complexity index is 382. The van der Waals surface area contributed by atoms with Crippen molar-refractivity contribution in [1.82, 2.24) is 19.9 Å². The molecule has 1 aromatic heterocycles. The first kappa shape index (κ1) is 20.6. The molecule has 0 atom stereocenters. The lowest BCUT2D eigenvalue weighted by Gasteiger charge is -2.36. The van der Waals surface area contributed by atoms with Gasteiger partial charge in [-0.25, -0.2) is 0 Å². The van der Waals surface area contributed by atoms with E-state index in [2.05, 4.69) is 33.9 Å². The molecule has 1 saturated heterocycles. The van der Waals surface area contributed by atoms with Crippen LogP contribution in [-0.4, -0.2) is 52.7 Å². The second-order valence-corrected chi connectivity index (χ2v) is 5.30. The van der Waals surface area contributed by atoms with E-state index in [1.807, 2.05) is 0 Å². The number of nitrogens with zero attached hydrogens (tertiary/aromatic N) is 4. The molecule has 124 valence electrons. The van der Waals surface area contributed by atoms with Crippen molar-refractivity contribution in [3.63, 3.8) is 0 Å². The Morgan fingerprint density at radius 1 is 1.33 bits per heavy atom. The second-order valence-electron chi connectivity index (χ2n) is 5.30. The summed E-state index contributed by atoms with van der Waals surface area (Å²) in [6, 6.07) is 0.618. The zero-order valence-corrected chi connectivity index (χ0v) is 14.5. The molecule has 0 aromatic carbocycles. The molecule has 0 amide bonds. The lowest BCUT2D eigenvalue weighted by Crippen LogP contribution is -2.43. The van der Waals surface area contributed by atoms with Gasteiger partial charge in [-0.15, -0.1) is 24.8 Å². The maximum Gasteiger partial charge on any atom is 0.240 e. The lowest BCUT2D eigenvalue weighted by molar-refractivity contribution is 0.121. The first-order valence-corrected chi connectivity index (χ1v) is 7.17. The van der Waals surface area contributed by atoms with Gasteiger partial charge in [0.05, 0.1) is 13.1 Å². The highest BCUT2D eigenvalue weighted by molar-refractivity contribution is 5.85. The van der Waals surface area contributed by atoms with E-state index in [1.54, 1.807) is 0 Å². The van der Waals surface area contributed by atoms with E-state index in [1.165, 1.54) is 38.9 Å². The molecule has 2 rings (SSSR count). The Morgan fingerprint density at radius 3 is 2.52 bits per heavy atom. The van der Waals surface area contributed by atoms with E-state index in [0.717, 1.165) is 12.4 Å². The number of piperidine rings is 1. The summed E-state index contributed by atoms with van der Waals surface area (Å²) < 4.78 is 5.03. The zero-order chi connectivity index (χ0) is 13.7. The average molecular weight is 340 g/mol. The minimum absolute atomic E-state index is 0. The summed E-state index contributed by atoms with van der Waals surface area (Å²) in [5, 5.41) is 3.95. The summed E-state index contributed by atoms with van der Waals surface area (Å²) in [7, 11) is 2.14. The molecular formula is C13H27Cl2N5O. The van der Waals surface area contributed by atoms with Crippen LogP contribution in [0.5, 0.6) is 0 Å². The Morgan fingerprint density at radius 2 is 2.00 bits per heavy atom. The predicted octanol–water partition coefficient (Wildman–Crippen LogP) is 1.68. The maximum absolute atomic E-state index is 5.47. The van der Waals surface area contributed by atoms with E-state index in [9.17, 15) is 0 Å². The van der Waals surface area contributed by atoms with Gasteiger partial charge in [-0.2, -0.15) is 4.98 Å². The summed E-state index contributed by atoms with van der Waals surface area (Å²) in [6.45, 7) is 6.91. The van der Waals surface area contributed by atoms with Gasteiger partial charge in [0.2, 0.25) is 5.89 Å². The van der Waals surface area contributed by atoms with Crippen molar-refractivity contribution in [2.24, 2.45) is 5.73 Å². The standard InChI is InChI=1S/C13H25N5O.2ClH/c1-3-6-18-7-4-11(5-8-18)17(2)10-12-15-13(9-14)19-16-12;;/h11H,3-10,14H2,1-2H3;2*1H. The fraction of sp³-hybridized carbons (Fsp3) is 0.846. The molecule has 1 aliphatic rings. The third kappa shape index (κ3) is 6.08. The van der Waals surface area contributed by atoms with Crippen LogP contribution in [0.4, 0.5) is 0 Å². The van der Waals surface area contributed by atoms with Crippen molar-refractivity contribution in [2.45, 2.75) is 45.3 Å². The molecule has 0 radical (unpaired) electrons. The van der Waals surface area contributed by atoms with Crippen molar-refractivity contribution >= 4 is 24.8 Å². The fourth-order valence-corrected chi connectivity index (χ4v) is 2.69. The Kier molecular flexibility index (Phi) is 10.1.